The van der Waals surface area contributed by atoms with E-state index in [2.05, 4.69) is 5.10 Å². The first-order valence-electron chi connectivity index (χ1n) is 4.01. The van der Waals surface area contributed by atoms with Crippen LogP contribution < -0.4 is 4.74 Å². The zero-order valence-electron chi connectivity index (χ0n) is 7.49. The zero-order chi connectivity index (χ0) is 8.81. The SMILES string of the molecule is CCn1cc(OCCOC)cn1. The zero-order valence-corrected chi connectivity index (χ0v) is 7.49. The van der Waals surface area contributed by atoms with Crippen LogP contribution in [0.3, 0.4) is 0 Å². The van der Waals surface area contributed by atoms with Gasteiger partial charge in [0, 0.05) is 13.7 Å². The average molecular weight is 170 g/mol. The fourth-order valence-electron chi connectivity index (χ4n) is 0.835. The lowest BCUT2D eigenvalue weighted by atomic mass is 10.6. The van der Waals surface area contributed by atoms with E-state index in [-0.39, 0.29) is 0 Å². The van der Waals surface area contributed by atoms with Gasteiger partial charge in [0.05, 0.1) is 19.0 Å². The lowest BCUT2D eigenvalue weighted by molar-refractivity contribution is 0.146. The predicted molar refractivity (Wildman–Crippen MR) is 45.3 cm³/mol. The second-order valence-electron chi connectivity index (χ2n) is 2.37. The summed E-state index contributed by atoms with van der Waals surface area (Å²) in [5, 5.41) is 4.06. The second-order valence-corrected chi connectivity index (χ2v) is 2.37. The Kier molecular flexibility index (Phi) is 3.60. The molecular formula is C8H14N2O2. The monoisotopic (exact) mass is 170 g/mol. The topological polar surface area (TPSA) is 36.3 Å². The summed E-state index contributed by atoms with van der Waals surface area (Å²) in [6, 6.07) is 0. The lowest BCUT2D eigenvalue weighted by Gasteiger charge is -2.00. The van der Waals surface area contributed by atoms with Crippen molar-refractivity contribution in [3.05, 3.63) is 12.4 Å². The third-order valence-corrected chi connectivity index (χ3v) is 1.49. The molecule has 0 amide bonds. The molecule has 0 saturated heterocycles. The molecule has 0 fully saturated rings. The smallest absolute Gasteiger partial charge is 0.157 e. The van der Waals surface area contributed by atoms with Crippen molar-refractivity contribution in [3.8, 4) is 5.75 Å². The fourth-order valence-corrected chi connectivity index (χ4v) is 0.835. The van der Waals surface area contributed by atoms with Crippen LogP contribution in [0.15, 0.2) is 12.4 Å². The van der Waals surface area contributed by atoms with Gasteiger partial charge < -0.3 is 9.47 Å². The Morgan fingerprint density at radius 1 is 1.50 bits per heavy atom. The standard InChI is InChI=1S/C8H14N2O2/c1-3-10-7-8(6-9-10)12-5-4-11-2/h6-7H,3-5H2,1-2H3. The molecule has 1 aromatic rings. The molecular weight excluding hydrogens is 156 g/mol. The maximum atomic E-state index is 5.32. The Balaban J connectivity index is 2.31. The van der Waals surface area contributed by atoms with Gasteiger partial charge in [-0.1, -0.05) is 0 Å². The minimum atomic E-state index is 0.575. The van der Waals surface area contributed by atoms with Gasteiger partial charge in [0.15, 0.2) is 5.75 Å². The predicted octanol–water partition coefficient (Wildman–Crippen LogP) is 0.928. The number of aromatic nitrogens is 2. The molecule has 0 unspecified atom stereocenters. The quantitative estimate of drug-likeness (QED) is 0.617. The molecule has 0 atom stereocenters. The highest BCUT2D eigenvalue weighted by atomic mass is 16.5. The first-order chi connectivity index (χ1) is 5.86. The molecule has 4 nitrogen and oxygen atoms in total. The normalized spacial score (nSPS) is 10.2. The molecule has 0 aromatic carbocycles. The molecule has 68 valence electrons. The van der Waals surface area contributed by atoms with Crippen molar-refractivity contribution in [3.63, 3.8) is 0 Å². The van der Waals surface area contributed by atoms with Crippen molar-refractivity contribution in [1.29, 1.82) is 0 Å². The van der Waals surface area contributed by atoms with E-state index in [0.29, 0.717) is 13.2 Å². The van der Waals surface area contributed by atoms with E-state index in [4.69, 9.17) is 9.47 Å². The van der Waals surface area contributed by atoms with Gasteiger partial charge in [-0.2, -0.15) is 5.10 Å². The fraction of sp³-hybridized carbons (Fsp3) is 0.625. The summed E-state index contributed by atoms with van der Waals surface area (Å²) >= 11 is 0. The molecule has 1 heterocycles. The van der Waals surface area contributed by atoms with Crippen LogP contribution in [-0.2, 0) is 11.3 Å². The van der Waals surface area contributed by atoms with Crippen LogP contribution in [0.4, 0.5) is 0 Å². The van der Waals surface area contributed by atoms with E-state index in [1.807, 2.05) is 17.8 Å². The van der Waals surface area contributed by atoms with Crippen LogP contribution in [0.5, 0.6) is 5.75 Å². The number of methoxy groups -OCH3 is 1. The van der Waals surface area contributed by atoms with Crippen molar-refractivity contribution in [1.82, 2.24) is 9.78 Å². The van der Waals surface area contributed by atoms with Gasteiger partial charge in [0.2, 0.25) is 0 Å². The summed E-state index contributed by atoms with van der Waals surface area (Å²) in [7, 11) is 1.65. The van der Waals surface area contributed by atoms with Crippen LogP contribution >= 0.6 is 0 Å². The molecule has 4 heteroatoms. The van der Waals surface area contributed by atoms with Crippen molar-refractivity contribution in [2.24, 2.45) is 0 Å². The van der Waals surface area contributed by atoms with Gasteiger partial charge in [-0.25, -0.2) is 0 Å². The Hall–Kier alpha value is -1.03. The summed E-state index contributed by atoms with van der Waals surface area (Å²) in [5.74, 6) is 0.800. The Bertz CT molecular complexity index is 223. The van der Waals surface area contributed by atoms with Crippen molar-refractivity contribution < 1.29 is 9.47 Å². The molecule has 12 heavy (non-hydrogen) atoms. The minimum Gasteiger partial charge on any atom is -0.488 e. The molecule has 1 rings (SSSR count). The van der Waals surface area contributed by atoms with Crippen molar-refractivity contribution in [2.75, 3.05) is 20.3 Å². The van der Waals surface area contributed by atoms with Crippen LogP contribution in [0.1, 0.15) is 6.92 Å². The average Bonchev–Trinajstić information content (AvgIpc) is 2.53. The Labute approximate surface area is 72.1 Å². The molecule has 0 saturated carbocycles. The van der Waals surface area contributed by atoms with Gasteiger partial charge in [-0.3, -0.25) is 4.68 Å². The van der Waals surface area contributed by atoms with E-state index in [0.717, 1.165) is 12.3 Å². The van der Waals surface area contributed by atoms with E-state index >= 15 is 0 Å². The summed E-state index contributed by atoms with van der Waals surface area (Å²) in [6.07, 6.45) is 3.58. The molecule has 0 aliphatic carbocycles. The van der Waals surface area contributed by atoms with E-state index in [1.54, 1.807) is 13.3 Å². The molecule has 0 aliphatic rings. The first kappa shape index (κ1) is 9.06. The number of nitrogens with zero attached hydrogens (tertiary/aromatic N) is 2. The second kappa shape index (κ2) is 4.77. The minimum absolute atomic E-state index is 0.575. The van der Waals surface area contributed by atoms with E-state index < -0.39 is 0 Å². The third-order valence-electron chi connectivity index (χ3n) is 1.49. The van der Waals surface area contributed by atoms with Crippen LogP contribution in [0.25, 0.3) is 0 Å². The molecule has 1 aromatic heterocycles. The first-order valence-corrected chi connectivity index (χ1v) is 4.01. The molecule has 0 spiro atoms. The summed E-state index contributed by atoms with van der Waals surface area (Å²) in [4.78, 5) is 0. The van der Waals surface area contributed by atoms with Crippen LogP contribution in [-0.4, -0.2) is 30.1 Å². The highest BCUT2D eigenvalue weighted by molar-refractivity contribution is 5.11. The number of ether oxygens (including phenoxy) is 2. The van der Waals surface area contributed by atoms with Crippen LogP contribution in [0.2, 0.25) is 0 Å². The van der Waals surface area contributed by atoms with Gasteiger partial charge >= 0.3 is 0 Å². The number of hydrogen-bond donors (Lipinski definition) is 0. The van der Waals surface area contributed by atoms with Crippen LogP contribution in [0, 0.1) is 0 Å². The molecule has 0 aliphatic heterocycles. The number of aryl methyl sites for hydroxylation is 1. The maximum absolute atomic E-state index is 5.32. The van der Waals surface area contributed by atoms with Crippen molar-refractivity contribution in [2.45, 2.75) is 13.5 Å². The van der Waals surface area contributed by atoms with E-state index in [1.165, 1.54) is 0 Å². The maximum Gasteiger partial charge on any atom is 0.157 e. The van der Waals surface area contributed by atoms with Gasteiger partial charge in [-0.15, -0.1) is 0 Å². The summed E-state index contributed by atoms with van der Waals surface area (Å²) in [6.45, 7) is 4.09. The number of rotatable bonds is 5. The highest BCUT2D eigenvalue weighted by Gasteiger charge is 1.96. The lowest BCUT2D eigenvalue weighted by Crippen LogP contribution is -2.03. The van der Waals surface area contributed by atoms with Gasteiger partial charge in [0.1, 0.15) is 6.61 Å². The molecule has 0 radical (unpaired) electrons. The number of hydrogen-bond acceptors (Lipinski definition) is 3. The van der Waals surface area contributed by atoms with Crippen molar-refractivity contribution >= 4 is 0 Å². The largest absolute Gasteiger partial charge is 0.488 e. The van der Waals surface area contributed by atoms with Gasteiger partial charge in [-0.05, 0) is 6.92 Å². The Morgan fingerprint density at radius 2 is 2.33 bits per heavy atom. The highest BCUT2D eigenvalue weighted by Crippen LogP contribution is 2.07. The third kappa shape index (κ3) is 2.54. The van der Waals surface area contributed by atoms with E-state index in [9.17, 15) is 0 Å². The van der Waals surface area contributed by atoms with Gasteiger partial charge in [0.25, 0.3) is 0 Å². The Morgan fingerprint density at radius 3 is 2.92 bits per heavy atom. The molecule has 0 bridgehead atoms. The summed E-state index contributed by atoms with van der Waals surface area (Å²) in [5.41, 5.74) is 0. The summed E-state index contributed by atoms with van der Waals surface area (Å²) < 4.78 is 12.0. The molecule has 0 N–H and O–H groups in total.